The van der Waals surface area contributed by atoms with Gasteiger partial charge in [0.15, 0.2) is 19.7 Å². The average molecular weight is 421 g/mol. The summed E-state index contributed by atoms with van der Waals surface area (Å²) < 4.78 is 63.5. The van der Waals surface area contributed by atoms with Crippen molar-refractivity contribution in [2.24, 2.45) is 0 Å². The van der Waals surface area contributed by atoms with Crippen LogP contribution in [0, 0.1) is 5.82 Å². The summed E-state index contributed by atoms with van der Waals surface area (Å²) in [5, 5.41) is 2.11. The van der Waals surface area contributed by atoms with Gasteiger partial charge in [-0.15, -0.1) is 0 Å². The fraction of sp³-hybridized carbons (Fsp3) is 0.667. The van der Waals surface area contributed by atoms with Gasteiger partial charge >= 0.3 is 0 Å². The molecule has 9 heteroatoms. The van der Waals surface area contributed by atoms with Gasteiger partial charge in [0.1, 0.15) is 5.82 Å². The van der Waals surface area contributed by atoms with E-state index >= 15 is 0 Å². The summed E-state index contributed by atoms with van der Waals surface area (Å²) >= 11 is 0. The minimum absolute atomic E-state index is 0.0548. The molecule has 0 aromatic heterocycles. The lowest BCUT2D eigenvalue weighted by Gasteiger charge is -2.38. The van der Waals surface area contributed by atoms with Gasteiger partial charge < -0.3 is 5.32 Å². The van der Waals surface area contributed by atoms with Crippen LogP contribution < -0.4 is 5.32 Å². The molecule has 0 unspecified atom stereocenters. The smallest absolute Gasteiger partial charge is 0.183 e. The van der Waals surface area contributed by atoms with Gasteiger partial charge in [-0.25, -0.2) is 21.2 Å². The highest BCUT2D eigenvalue weighted by molar-refractivity contribution is 7.96. The summed E-state index contributed by atoms with van der Waals surface area (Å²) in [7, 11) is -7.37. The highest BCUT2D eigenvalue weighted by atomic mass is 32.2. The average Bonchev–Trinajstić information content (AvgIpc) is 2.90. The molecule has 154 valence electrons. The van der Waals surface area contributed by atoms with Gasteiger partial charge in [0, 0.05) is 18.1 Å². The summed E-state index contributed by atoms with van der Waals surface area (Å²) in [6.07, 6.45) is 0. The quantitative estimate of drug-likeness (QED) is 0.642. The van der Waals surface area contributed by atoms with Gasteiger partial charge in [0.05, 0.1) is 21.7 Å². The first-order valence-corrected chi connectivity index (χ1v) is 12.5. The maximum absolute atomic E-state index is 13.1. The summed E-state index contributed by atoms with van der Waals surface area (Å²) in [4.78, 5) is 2.17. The van der Waals surface area contributed by atoms with E-state index in [1.807, 2.05) is 27.7 Å². The SMILES string of the molecule is CCN(CC)C(C)(C)CN[C@H]1CS(=O)(=O)C[C@@H]1S(=O)(=O)c1ccc(F)cc1. The molecular formula is C18H29FN2O4S2. The number of rotatable bonds is 8. The molecular weight excluding hydrogens is 391 g/mol. The molecule has 0 spiro atoms. The highest BCUT2D eigenvalue weighted by Gasteiger charge is 2.46. The molecule has 6 nitrogen and oxygen atoms in total. The summed E-state index contributed by atoms with van der Waals surface area (Å²) in [6, 6.07) is 3.82. The number of hydrogen-bond donors (Lipinski definition) is 1. The van der Waals surface area contributed by atoms with Crippen LogP contribution >= 0.6 is 0 Å². The molecule has 1 fully saturated rings. The van der Waals surface area contributed by atoms with Crippen molar-refractivity contribution in [3.05, 3.63) is 30.1 Å². The van der Waals surface area contributed by atoms with Gasteiger partial charge in [0.25, 0.3) is 0 Å². The molecule has 0 amide bonds. The standard InChI is InChI=1S/C18H29FN2O4S2/c1-5-21(6-2)18(3,4)13-20-16-11-26(22,23)12-17(16)27(24,25)15-9-7-14(19)8-10-15/h7-10,16-17,20H,5-6,11-13H2,1-4H3/t16-,17-/m0/s1. The van der Waals surface area contributed by atoms with Crippen LogP contribution in [0.1, 0.15) is 27.7 Å². The third kappa shape index (κ3) is 5.07. The molecule has 1 saturated heterocycles. The fourth-order valence-electron chi connectivity index (χ4n) is 3.68. The van der Waals surface area contributed by atoms with Crippen LogP contribution in [0.2, 0.25) is 0 Å². The Morgan fingerprint density at radius 3 is 2.22 bits per heavy atom. The minimum atomic E-state index is -3.90. The largest absolute Gasteiger partial charge is 0.310 e. The van der Waals surface area contributed by atoms with Gasteiger partial charge in [-0.2, -0.15) is 0 Å². The molecule has 0 radical (unpaired) electrons. The number of hydrogen-bond acceptors (Lipinski definition) is 6. The van der Waals surface area contributed by atoms with Crippen LogP contribution in [-0.4, -0.2) is 69.7 Å². The molecule has 1 aliphatic heterocycles. The predicted octanol–water partition coefficient (Wildman–Crippen LogP) is 1.48. The van der Waals surface area contributed by atoms with Gasteiger partial charge in [-0.05, 0) is 51.2 Å². The molecule has 27 heavy (non-hydrogen) atoms. The zero-order valence-corrected chi connectivity index (χ0v) is 17.9. The molecule has 0 saturated carbocycles. The third-order valence-corrected chi connectivity index (χ3v) is 9.42. The van der Waals surface area contributed by atoms with E-state index < -0.39 is 42.5 Å². The van der Waals surface area contributed by atoms with Gasteiger partial charge in [-0.1, -0.05) is 13.8 Å². The first-order valence-electron chi connectivity index (χ1n) is 9.11. The lowest BCUT2D eigenvalue weighted by Crippen LogP contribution is -2.54. The van der Waals surface area contributed by atoms with Crippen LogP contribution in [0.4, 0.5) is 4.39 Å². The molecule has 2 rings (SSSR count). The van der Waals surface area contributed by atoms with Crippen molar-refractivity contribution in [3.63, 3.8) is 0 Å². The Bertz CT molecular complexity index is 848. The Kier molecular flexibility index (Phi) is 6.72. The topological polar surface area (TPSA) is 83.6 Å². The molecule has 1 N–H and O–H groups in total. The Labute approximate surface area is 162 Å². The first kappa shape index (κ1) is 22.3. The van der Waals surface area contributed by atoms with Crippen molar-refractivity contribution < 1.29 is 21.2 Å². The van der Waals surface area contributed by atoms with E-state index in [1.54, 1.807) is 0 Å². The normalized spacial score (nSPS) is 23.0. The zero-order valence-electron chi connectivity index (χ0n) is 16.3. The second-order valence-corrected chi connectivity index (χ2v) is 11.9. The van der Waals surface area contributed by atoms with E-state index in [0.717, 1.165) is 25.2 Å². The Hall–Kier alpha value is -1.03. The monoisotopic (exact) mass is 420 g/mol. The van der Waals surface area contributed by atoms with Crippen LogP contribution in [0.5, 0.6) is 0 Å². The van der Waals surface area contributed by atoms with E-state index in [1.165, 1.54) is 12.1 Å². The van der Waals surface area contributed by atoms with Crippen LogP contribution in [-0.2, 0) is 19.7 Å². The summed E-state index contributed by atoms with van der Waals surface area (Å²) in [6.45, 7) is 10.3. The number of nitrogens with zero attached hydrogens (tertiary/aromatic N) is 1. The highest BCUT2D eigenvalue weighted by Crippen LogP contribution is 2.27. The van der Waals surface area contributed by atoms with Crippen molar-refractivity contribution in [1.82, 2.24) is 10.2 Å². The lowest BCUT2D eigenvalue weighted by atomic mass is 10.0. The van der Waals surface area contributed by atoms with Crippen molar-refractivity contribution in [2.45, 2.75) is 49.4 Å². The molecule has 0 aliphatic carbocycles. The maximum atomic E-state index is 13.1. The van der Waals surface area contributed by atoms with Crippen molar-refractivity contribution in [3.8, 4) is 0 Å². The predicted molar refractivity (Wildman–Crippen MR) is 105 cm³/mol. The van der Waals surface area contributed by atoms with Crippen LogP contribution in [0.15, 0.2) is 29.2 Å². The molecule has 1 aromatic rings. The second-order valence-electron chi connectivity index (χ2n) is 7.59. The van der Waals surface area contributed by atoms with Crippen molar-refractivity contribution >= 4 is 19.7 Å². The Morgan fingerprint density at radius 2 is 1.70 bits per heavy atom. The number of sulfone groups is 2. The molecule has 0 bridgehead atoms. The van der Waals surface area contributed by atoms with Gasteiger partial charge in [-0.3, -0.25) is 4.90 Å². The van der Waals surface area contributed by atoms with E-state index in [0.29, 0.717) is 6.54 Å². The van der Waals surface area contributed by atoms with E-state index in [2.05, 4.69) is 10.2 Å². The second kappa shape index (κ2) is 8.14. The van der Waals surface area contributed by atoms with E-state index in [9.17, 15) is 21.2 Å². The first-order chi connectivity index (χ1) is 12.4. The van der Waals surface area contributed by atoms with Crippen LogP contribution in [0.25, 0.3) is 0 Å². The third-order valence-electron chi connectivity index (χ3n) is 5.26. The molecule has 1 aliphatic rings. The summed E-state index contributed by atoms with van der Waals surface area (Å²) in [5.74, 6) is -1.17. The number of likely N-dealkylation sites (N-methyl/N-ethyl adjacent to an activating group) is 1. The Balaban J connectivity index is 2.25. The number of benzene rings is 1. The minimum Gasteiger partial charge on any atom is -0.310 e. The molecule has 1 heterocycles. The number of nitrogens with one attached hydrogen (secondary N) is 1. The van der Waals surface area contributed by atoms with E-state index in [4.69, 9.17) is 0 Å². The van der Waals surface area contributed by atoms with Gasteiger partial charge in [0.2, 0.25) is 0 Å². The van der Waals surface area contributed by atoms with Crippen molar-refractivity contribution in [2.75, 3.05) is 31.1 Å². The fourth-order valence-corrected chi connectivity index (χ4v) is 8.40. The lowest BCUT2D eigenvalue weighted by molar-refractivity contribution is 0.130. The number of halogens is 1. The Morgan fingerprint density at radius 1 is 1.15 bits per heavy atom. The van der Waals surface area contributed by atoms with Crippen molar-refractivity contribution in [1.29, 1.82) is 0 Å². The van der Waals surface area contributed by atoms with E-state index in [-0.39, 0.29) is 16.2 Å². The molecule has 2 atom stereocenters. The zero-order chi connectivity index (χ0) is 20.5. The van der Waals surface area contributed by atoms with Crippen LogP contribution in [0.3, 0.4) is 0 Å². The maximum Gasteiger partial charge on any atom is 0.183 e. The molecule has 1 aromatic carbocycles. The summed E-state index contributed by atoms with van der Waals surface area (Å²) in [5.41, 5.74) is -0.250.